The van der Waals surface area contributed by atoms with E-state index in [1.54, 1.807) is 6.07 Å². The molecule has 1 aromatic carbocycles. The van der Waals surface area contributed by atoms with Gasteiger partial charge in [0.05, 0.1) is 10.9 Å². The predicted molar refractivity (Wildman–Crippen MR) is 69.1 cm³/mol. The minimum atomic E-state index is -0.315. The minimum Gasteiger partial charge on any atom is -0.457 e. The summed E-state index contributed by atoms with van der Waals surface area (Å²) in [5.41, 5.74) is 0.322. The van der Waals surface area contributed by atoms with Crippen LogP contribution < -0.4 is 0 Å². The Morgan fingerprint density at radius 2 is 2.00 bits per heavy atom. The summed E-state index contributed by atoms with van der Waals surface area (Å²) in [6.45, 7) is -0.267. The summed E-state index contributed by atoms with van der Waals surface area (Å²) < 4.78 is 4.97. The van der Waals surface area contributed by atoms with Crippen molar-refractivity contribution in [2.24, 2.45) is 5.92 Å². The Balaban J connectivity index is 1.92. The topological polar surface area (TPSA) is 43.4 Å². The Hall–Kier alpha value is -1.06. The third kappa shape index (κ3) is 3.03. The maximum atomic E-state index is 11.8. The summed E-state index contributed by atoms with van der Waals surface area (Å²) >= 11 is 11.6. The van der Waals surface area contributed by atoms with Gasteiger partial charge in [-0.15, -0.1) is 0 Å². The zero-order valence-corrected chi connectivity index (χ0v) is 11.1. The number of halogens is 2. The van der Waals surface area contributed by atoms with Gasteiger partial charge in [0, 0.05) is 10.6 Å². The molecule has 0 aromatic heterocycles. The lowest BCUT2D eigenvalue weighted by Crippen LogP contribution is -2.26. The van der Waals surface area contributed by atoms with Crippen LogP contribution in [0.15, 0.2) is 18.2 Å². The molecule has 0 aliphatic heterocycles. The molecule has 5 heteroatoms. The fraction of sp³-hybridized carbons (Fsp3) is 0.385. The van der Waals surface area contributed by atoms with Gasteiger partial charge >= 0.3 is 5.97 Å². The van der Waals surface area contributed by atoms with Crippen LogP contribution in [0.4, 0.5) is 0 Å². The van der Waals surface area contributed by atoms with Gasteiger partial charge in [0.1, 0.15) is 0 Å². The van der Waals surface area contributed by atoms with Crippen molar-refractivity contribution in [1.82, 2.24) is 0 Å². The molecule has 18 heavy (non-hydrogen) atoms. The van der Waals surface area contributed by atoms with Gasteiger partial charge in [0.15, 0.2) is 6.61 Å². The van der Waals surface area contributed by atoms with Crippen molar-refractivity contribution in [2.75, 3.05) is 6.61 Å². The van der Waals surface area contributed by atoms with Crippen LogP contribution in [-0.2, 0) is 9.53 Å². The Morgan fingerprint density at radius 3 is 2.56 bits per heavy atom. The Morgan fingerprint density at radius 1 is 1.28 bits per heavy atom. The molecule has 0 saturated heterocycles. The van der Waals surface area contributed by atoms with E-state index in [4.69, 9.17) is 27.9 Å². The first kappa shape index (κ1) is 13.4. The summed E-state index contributed by atoms with van der Waals surface area (Å²) in [5, 5.41) is 0.732. The van der Waals surface area contributed by atoms with Gasteiger partial charge in [-0.05, 0) is 31.0 Å². The van der Waals surface area contributed by atoms with E-state index in [2.05, 4.69) is 0 Å². The van der Waals surface area contributed by atoms with Crippen LogP contribution >= 0.6 is 23.2 Å². The summed E-state index contributed by atoms with van der Waals surface area (Å²) in [5.74, 6) is -0.637. The second kappa shape index (κ2) is 5.72. The van der Waals surface area contributed by atoms with Crippen molar-refractivity contribution in [3.05, 3.63) is 33.8 Å². The number of carbonyl (C=O) groups excluding carboxylic acids is 2. The fourth-order valence-corrected chi connectivity index (χ4v) is 2.21. The number of hydrogen-bond donors (Lipinski definition) is 0. The molecule has 0 N–H and O–H groups in total. The van der Waals surface area contributed by atoms with Crippen LogP contribution in [0.1, 0.15) is 29.6 Å². The average Bonchev–Trinajstić information content (AvgIpc) is 2.23. The van der Waals surface area contributed by atoms with Crippen molar-refractivity contribution >= 4 is 35.0 Å². The smallest absolute Gasteiger partial charge is 0.309 e. The van der Waals surface area contributed by atoms with E-state index in [0.717, 1.165) is 19.3 Å². The molecule has 2 rings (SSSR count). The molecule has 0 unspecified atom stereocenters. The first-order chi connectivity index (χ1) is 8.58. The lowest BCUT2D eigenvalue weighted by Gasteiger charge is -2.22. The van der Waals surface area contributed by atoms with Crippen LogP contribution in [0.25, 0.3) is 0 Å². The fourth-order valence-electron chi connectivity index (χ4n) is 1.69. The normalized spacial score (nSPS) is 15.0. The molecule has 1 saturated carbocycles. The number of hydrogen-bond acceptors (Lipinski definition) is 3. The highest BCUT2D eigenvalue weighted by Gasteiger charge is 2.27. The lowest BCUT2D eigenvalue weighted by atomic mass is 9.86. The zero-order valence-electron chi connectivity index (χ0n) is 9.62. The number of benzene rings is 1. The van der Waals surface area contributed by atoms with E-state index in [1.807, 2.05) is 0 Å². The Bertz CT molecular complexity index is 481. The van der Waals surface area contributed by atoms with Crippen molar-refractivity contribution in [1.29, 1.82) is 0 Å². The molecule has 0 atom stereocenters. The van der Waals surface area contributed by atoms with Gasteiger partial charge in [-0.2, -0.15) is 0 Å². The SMILES string of the molecule is O=C(COC(=O)C1CCC1)c1ccc(Cl)cc1Cl. The summed E-state index contributed by atoms with van der Waals surface area (Å²) in [6, 6.07) is 4.60. The standard InChI is InChI=1S/C13H12Cl2O3/c14-9-4-5-10(11(15)6-9)12(16)7-18-13(17)8-2-1-3-8/h4-6,8H,1-3,7H2. The quantitative estimate of drug-likeness (QED) is 0.628. The summed E-state index contributed by atoms with van der Waals surface area (Å²) in [7, 11) is 0. The first-order valence-corrected chi connectivity index (χ1v) is 6.48. The van der Waals surface area contributed by atoms with Crippen molar-refractivity contribution in [3.63, 3.8) is 0 Å². The van der Waals surface area contributed by atoms with Crippen molar-refractivity contribution in [3.8, 4) is 0 Å². The number of Topliss-reactive ketones (excluding diaryl/α,β-unsaturated/α-hetero) is 1. The third-order valence-corrected chi connectivity index (χ3v) is 3.56. The molecular formula is C13H12Cl2O3. The van der Waals surface area contributed by atoms with Crippen molar-refractivity contribution < 1.29 is 14.3 Å². The van der Waals surface area contributed by atoms with Crippen LogP contribution in [0, 0.1) is 5.92 Å². The predicted octanol–water partition coefficient (Wildman–Crippen LogP) is 3.52. The number of rotatable bonds is 4. The largest absolute Gasteiger partial charge is 0.457 e. The molecule has 0 heterocycles. The van der Waals surface area contributed by atoms with E-state index in [0.29, 0.717) is 10.6 Å². The summed E-state index contributed by atoms with van der Waals surface area (Å²) in [6.07, 6.45) is 2.76. The van der Waals surface area contributed by atoms with Gasteiger partial charge in [-0.3, -0.25) is 9.59 Å². The second-order valence-corrected chi connectivity index (χ2v) is 5.13. The van der Waals surface area contributed by atoms with E-state index in [1.165, 1.54) is 12.1 Å². The molecule has 1 aliphatic carbocycles. The van der Waals surface area contributed by atoms with Gasteiger partial charge in [0.25, 0.3) is 0 Å². The third-order valence-electron chi connectivity index (χ3n) is 3.02. The molecule has 1 fully saturated rings. The minimum absolute atomic E-state index is 0.0292. The highest BCUT2D eigenvalue weighted by Crippen LogP contribution is 2.27. The maximum absolute atomic E-state index is 11.8. The zero-order chi connectivity index (χ0) is 13.1. The van der Waals surface area contributed by atoms with Gasteiger partial charge < -0.3 is 4.74 Å². The molecule has 96 valence electrons. The number of ether oxygens (including phenoxy) is 1. The second-order valence-electron chi connectivity index (χ2n) is 4.28. The van der Waals surface area contributed by atoms with Crippen molar-refractivity contribution in [2.45, 2.75) is 19.3 Å². The van der Waals surface area contributed by atoms with E-state index in [-0.39, 0.29) is 29.3 Å². The van der Waals surface area contributed by atoms with Crippen LogP contribution in [0.2, 0.25) is 10.0 Å². The molecule has 0 radical (unpaired) electrons. The monoisotopic (exact) mass is 286 g/mol. The van der Waals surface area contributed by atoms with Crippen LogP contribution in [0.5, 0.6) is 0 Å². The van der Waals surface area contributed by atoms with E-state index in [9.17, 15) is 9.59 Å². The van der Waals surface area contributed by atoms with Crippen LogP contribution in [-0.4, -0.2) is 18.4 Å². The number of ketones is 1. The Labute approximate surface area is 115 Å². The summed E-state index contributed by atoms with van der Waals surface area (Å²) in [4.78, 5) is 23.3. The number of esters is 1. The first-order valence-electron chi connectivity index (χ1n) is 5.73. The van der Waals surface area contributed by atoms with Gasteiger partial charge in [-0.25, -0.2) is 0 Å². The molecule has 3 nitrogen and oxygen atoms in total. The molecule has 0 spiro atoms. The van der Waals surface area contributed by atoms with Gasteiger partial charge in [-0.1, -0.05) is 29.6 Å². The molecule has 1 aliphatic rings. The molecule has 0 bridgehead atoms. The van der Waals surface area contributed by atoms with Crippen LogP contribution in [0.3, 0.4) is 0 Å². The van der Waals surface area contributed by atoms with Gasteiger partial charge in [0.2, 0.25) is 5.78 Å². The Kier molecular flexibility index (Phi) is 4.25. The molecular weight excluding hydrogens is 275 g/mol. The highest BCUT2D eigenvalue weighted by atomic mass is 35.5. The average molecular weight is 287 g/mol. The molecule has 1 aromatic rings. The van der Waals surface area contributed by atoms with E-state index < -0.39 is 0 Å². The molecule has 0 amide bonds. The maximum Gasteiger partial charge on any atom is 0.309 e. The lowest BCUT2D eigenvalue weighted by molar-refractivity contribution is -0.150. The highest BCUT2D eigenvalue weighted by molar-refractivity contribution is 6.36. The number of carbonyl (C=O) groups is 2. The van der Waals surface area contributed by atoms with E-state index >= 15 is 0 Å².